The summed E-state index contributed by atoms with van der Waals surface area (Å²) in [6.07, 6.45) is 4.24. The van der Waals surface area contributed by atoms with Crippen LogP contribution in [0.3, 0.4) is 0 Å². The van der Waals surface area contributed by atoms with E-state index in [4.69, 9.17) is 0 Å². The lowest BCUT2D eigenvalue weighted by Crippen LogP contribution is -2.27. The zero-order valence-electron chi connectivity index (χ0n) is 12.1. The van der Waals surface area contributed by atoms with Gasteiger partial charge in [-0.05, 0) is 30.2 Å². The maximum atomic E-state index is 12.5. The SMILES string of the molecule is CCc1ccc(N(C)C(=O)c2cnccc2NC)cc1. The van der Waals surface area contributed by atoms with Crippen LogP contribution < -0.4 is 10.2 Å². The molecule has 2 rings (SSSR count). The van der Waals surface area contributed by atoms with Gasteiger partial charge in [-0.3, -0.25) is 9.78 Å². The third-order valence-electron chi connectivity index (χ3n) is 3.36. The molecule has 104 valence electrons. The van der Waals surface area contributed by atoms with E-state index in [-0.39, 0.29) is 5.91 Å². The molecule has 0 spiro atoms. The van der Waals surface area contributed by atoms with E-state index in [9.17, 15) is 4.79 Å². The molecule has 2 aromatic rings. The lowest BCUT2D eigenvalue weighted by molar-refractivity contribution is 0.0993. The fraction of sp³-hybridized carbons (Fsp3) is 0.250. The lowest BCUT2D eigenvalue weighted by Gasteiger charge is -2.19. The van der Waals surface area contributed by atoms with Crippen molar-refractivity contribution in [3.8, 4) is 0 Å². The summed E-state index contributed by atoms with van der Waals surface area (Å²) < 4.78 is 0. The molecule has 0 saturated heterocycles. The van der Waals surface area contributed by atoms with Gasteiger partial charge in [0.25, 0.3) is 5.91 Å². The van der Waals surface area contributed by atoms with Crippen LogP contribution in [0, 0.1) is 0 Å². The molecular weight excluding hydrogens is 250 g/mol. The minimum Gasteiger partial charge on any atom is -0.387 e. The molecular formula is C16H19N3O. The Hall–Kier alpha value is -2.36. The number of rotatable bonds is 4. The van der Waals surface area contributed by atoms with Gasteiger partial charge in [0, 0.05) is 37.9 Å². The average Bonchev–Trinajstić information content (AvgIpc) is 2.53. The van der Waals surface area contributed by atoms with Crippen LogP contribution in [-0.4, -0.2) is 25.0 Å². The van der Waals surface area contributed by atoms with E-state index in [1.807, 2.05) is 24.3 Å². The standard InChI is InChI=1S/C16H19N3O/c1-4-12-5-7-13(8-6-12)19(3)16(20)14-11-18-10-9-15(14)17-2/h5-11H,4H2,1-3H3,(H,17,18). The zero-order chi connectivity index (χ0) is 14.5. The van der Waals surface area contributed by atoms with Crippen molar-refractivity contribution in [2.24, 2.45) is 0 Å². The van der Waals surface area contributed by atoms with Crippen LogP contribution in [0.4, 0.5) is 11.4 Å². The molecule has 1 N–H and O–H groups in total. The summed E-state index contributed by atoms with van der Waals surface area (Å²) >= 11 is 0. The van der Waals surface area contributed by atoms with E-state index >= 15 is 0 Å². The molecule has 1 aromatic carbocycles. The van der Waals surface area contributed by atoms with Crippen LogP contribution in [-0.2, 0) is 6.42 Å². The van der Waals surface area contributed by atoms with E-state index in [1.54, 1.807) is 37.5 Å². The van der Waals surface area contributed by atoms with E-state index in [0.717, 1.165) is 17.8 Å². The summed E-state index contributed by atoms with van der Waals surface area (Å²) in [5.74, 6) is -0.0771. The second-order valence-electron chi connectivity index (χ2n) is 4.56. The van der Waals surface area contributed by atoms with Gasteiger partial charge < -0.3 is 10.2 Å². The molecule has 1 amide bonds. The zero-order valence-corrected chi connectivity index (χ0v) is 12.1. The molecule has 1 aromatic heterocycles. The molecule has 0 saturated carbocycles. The van der Waals surface area contributed by atoms with Crippen molar-refractivity contribution < 1.29 is 4.79 Å². The number of hydrogen-bond donors (Lipinski definition) is 1. The van der Waals surface area contributed by atoms with Crippen LogP contribution in [0.5, 0.6) is 0 Å². The topological polar surface area (TPSA) is 45.2 Å². The maximum Gasteiger partial charge on any atom is 0.261 e. The highest BCUT2D eigenvalue weighted by molar-refractivity contribution is 6.09. The highest BCUT2D eigenvalue weighted by Gasteiger charge is 2.16. The van der Waals surface area contributed by atoms with Gasteiger partial charge in [-0.2, -0.15) is 0 Å². The Balaban J connectivity index is 2.27. The number of amides is 1. The number of hydrogen-bond acceptors (Lipinski definition) is 3. The molecule has 1 heterocycles. The fourth-order valence-corrected chi connectivity index (χ4v) is 2.04. The Morgan fingerprint density at radius 1 is 1.25 bits per heavy atom. The predicted octanol–water partition coefficient (Wildman–Crippen LogP) is 2.96. The number of pyridine rings is 1. The molecule has 0 aliphatic rings. The number of aryl methyl sites for hydroxylation is 1. The van der Waals surface area contributed by atoms with Gasteiger partial charge in [0.15, 0.2) is 0 Å². The number of nitrogens with one attached hydrogen (secondary N) is 1. The number of nitrogens with zero attached hydrogens (tertiary/aromatic N) is 2. The molecule has 0 radical (unpaired) electrons. The Labute approximate surface area is 119 Å². The van der Waals surface area contributed by atoms with Crippen LogP contribution in [0.15, 0.2) is 42.7 Å². The molecule has 0 atom stereocenters. The highest BCUT2D eigenvalue weighted by atomic mass is 16.2. The smallest absolute Gasteiger partial charge is 0.261 e. The molecule has 0 fully saturated rings. The number of aromatic nitrogens is 1. The molecule has 0 bridgehead atoms. The predicted molar refractivity (Wildman–Crippen MR) is 82.3 cm³/mol. The summed E-state index contributed by atoms with van der Waals surface area (Å²) in [7, 11) is 3.57. The largest absolute Gasteiger partial charge is 0.387 e. The van der Waals surface area contributed by atoms with Gasteiger partial charge in [0.1, 0.15) is 0 Å². The van der Waals surface area contributed by atoms with Crippen molar-refractivity contribution in [1.82, 2.24) is 4.98 Å². The van der Waals surface area contributed by atoms with Crippen molar-refractivity contribution in [1.29, 1.82) is 0 Å². The van der Waals surface area contributed by atoms with E-state index < -0.39 is 0 Å². The van der Waals surface area contributed by atoms with Gasteiger partial charge in [-0.25, -0.2) is 0 Å². The molecule has 0 aliphatic carbocycles. The van der Waals surface area contributed by atoms with Crippen molar-refractivity contribution in [2.45, 2.75) is 13.3 Å². The molecule has 4 nitrogen and oxygen atoms in total. The molecule has 0 unspecified atom stereocenters. The van der Waals surface area contributed by atoms with Gasteiger partial charge >= 0.3 is 0 Å². The van der Waals surface area contributed by atoms with E-state index in [1.165, 1.54) is 5.56 Å². The Kier molecular flexibility index (Phi) is 4.35. The number of anilines is 2. The number of carbonyl (C=O) groups is 1. The maximum absolute atomic E-state index is 12.5. The van der Waals surface area contributed by atoms with Crippen molar-refractivity contribution in [3.05, 3.63) is 53.9 Å². The number of benzene rings is 1. The van der Waals surface area contributed by atoms with Crippen LogP contribution in [0.2, 0.25) is 0 Å². The minimum atomic E-state index is -0.0771. The third kappa shape index (κ3) is 2.79. The first kappa shape index (κ1) is 14.1. The first-order valence-corrected chi connectivity index (χ1v) is 6.66. The average molecular weight is 269 g/mol. The summed E-state index contributed by atoms with van der Waals surface area (Å²) in [5, 5.41) is 3.01. The Morgan fingerprint density at radius 3 is 2.55 bits per heavy atom. The highest BCUT2D eigenvalue weighted by Crippen LogP contribution is 2.20. The van der Waals surface area contributed by atoms with Gasteiger partial charge in [0.05, 0.1) is 5.56 Å². The molecule has 20 heavy (non-hydrogen) atoms. The van der Waals surface area contributed by atoms with Crippen LogP contribution >= 0.6 is 0 Å². The first-order valence-electron chi connectivity index (χ1n) is 6.66. The summed E-state index contributed by atoms with van der Waals surface area (Å²) in [6.45, 7) is 2.11. The second-order valence-corrected chi connectivity index (χ2v) is 4.56. The fourth-order valence-electron chi connectivity index (χ4n) is 2.04. The lowest BCUT2D eigenvalue weighted by atomic mass is 10.1. The minimum absolute atomic E-state index is 0.0771. The summed E-state index contributed by atoms with van der Waals surface area (Å²) in [6, 6.07) is 9.81. The van der Waals surface area contributed by atoms with Crippen LogP contribution in [0.1, 0.15) is 22.8 Å². The summed E-state index contributed by atoms with van der Waals surface area (Å²) in [5.41, 5.74) is 3.48. The second kappa shape index (κ2) is 6.19. The van der Waals surface area contributed by atoms with E-state index in [0.29, 0.717) is 5.56 Å². The Morgan fingerprint density at radius 2 is 1.95 bits per heavy atom. The Bertz CT molecular complexity index is 593. The monoisotopic (exact) mass is 269 g/mol. The molecule has 4 heteroatoms. The van der Waals surface area contributed by atoms with Gasteiger partial charge in [0.2, 0.25) is 0 Å². The van der Waals surface area contributed by atoms with Gasteiger partial charge in [-0.15, -0.1) is 0 Å². The van der Waals surface area contributed by atoms with Gasteiger partial charge in [-0.1, -0.05) is 19.1 Å². The quantitative estimate of drug-likeness (QED) is 0.928. The third-order valence-corrected chi connectivity index (χ3v) is 3.36. The summed E-state index contributed by atoms with van der Waals surface area (Å²) in [4.78, 5) is 18.2. The molecule has 0 aliphatic heterocycles. The number of carbonyl (C=O) groups excluding carboxylic acids is 1. The van der Waals surface area contributed by atoms with Crippen molar-refractivity contribution in [2.75, 3.05) is 24.3 Å². The van der Waals surface area contributed by atoms with Crippen molar-refractivity contribution in [3.63, 3.8) is 0 Å². The van der Waals surface area contributed by atoms with Crippen molar-refractivity contribution >= 4 is 17.3 Å². The van der Waals surface area contributed by atoms with E-state index in [2.05, 4.69) is 17.2 Å². The normalized spacial score (nSPS) is 10.2. The first-order chi connectivity index (χ1) is 9.67. The van der Waals surface area contributed by atoms with Crippen LogP contribution in [0.25, 0.3) is 0 Å².